The van der Waals surface area contributed by atoms with Crippen LogP contribution >= 0.6 is 0 Å². The Bertz CT molecular complexity index is 570. The Morgan fingerprint density at radius 2 is 1.96 bits per heavy atom. The number of carbonyl (C=O) groups excluding carboxylic acids is 2. The van der Waals surface area contributed by atoms with Crippen LogP contribution in [0.2, 0.25) is 0 Å². The Labute approximate surface area is 141 Å². The monoisotopic (exact) mass is 335 g/mol. The van der Waals surface area contributed by atoms with Crippen molar-refractivity contribution in [2.24, 2.45) is 23.3 Å². The van der Waals surface area contributed by atoms with Gasteiger partial charge in [-0.25, -0.2) is 0 Å². The number of ether oxygens (including phenoxy) is 1. The molecule has 0 aromatic carbocycles. The van der Waals surface area contributed by atoms with Gasteiger partial charge in [0, 0.05) is 12.2 Å². The summed E-state index contributed by atoms with van der Waals surface area (Å²) in [6.07, 6.45) is 2.78. The second-order valence-electron chi connectivity index (χ2n) is 6.89. The first-order valence-electron chi connectivity index (χ1n) is 7.78. The van der Waals surface area contributed by atoms with Gasteiger partial charge in [-0.15, -0.1) is 0 Å². The second kappa shape index (κ2) is 7.81. The molecule has 0 saturated heterocycles. The zero-order valence-corrected chi connectivity index (χ0v) is 14.3. The Balaban J connectivity index is 2.74. The molecule has 6 N–H and O–H groups in total. The van der Waals surface area contributed by atoms with Gasteiger partial charge in [0.25, 0.3) is 5.91 Å². The van der Waals surface area contributed by atoms with Crippen molar-refractivity contribution in [1.82, 2.24) is 5.32 Å². The number of nitrogens with one attached hydrogen (secondary N) is 2. The zero-order chi connectivity index (χ0) is 18.5. The average molecular weight is 335 g/mol. The molecule has 0 heterocycles. The Morgan fingerprint density at radius 3 is 2.42 bits per heavy atom. The Kier molecular flexibility index (Phi) is 6.35. The van der Waals surface area contributed by atoms with Crippen LogP contribution in [-0.4, -0.2) is 29.4 Å². The van der Waals surface area contributed by atoms with Crippen LogP contribution in [0.3, 0.4) is 0 Å². The van der Waals surface area contributed by atoms with Crippen molar-refractivity contribution in [3.05, 3.63) is 11.8 Å². The topological polar surface area (TPSA) is 155 Å². The summed E-state index contributed by atoms with van der Waals surface area (Å²) in [7, 11) is 0. The molecular weight excluding hydrogens is 310 g/mol. The van der Waals surface area contributed by atoms with Crippen molar-refractivity contribution < 1.29 is 14.3 Å². The SMILES string of the molecule is CC(C)(C)OC(=O)[C@H]1CC[C@H](N/C=C(\C(=N)N)C(N)=O)[C@@H](C#N)C1. The van der Waals surface area contributed by atoms with Gasteiger partial charge in [0.2, 0.25) is 0 Å². The lowest BCUT2D eigenvalue weighted by molar-refractivity contribution is -0.161. The maximum atomic E-state index is 12.2. The van der Waals surface area contributed by atoms with Crippen LogP contribution in [0.25, 0.3) is 0 Å². The first kappa shape index (κ1) is 19.5. The summed E-state index contributed by atoms with van der Waals surface area (Å²) in [5.41, 5.74) is 9.74. The van der Waals surface area contributed by atoms with Crippen molar-refractivity contribution in [3.63, 3.8) is 0 Å². The number of hydrogen-bond acceptors (Lipinski definition) is 6. The molecule has 0 bridgehead atoms. The standard InChI is InChI=1S/C16H25N5O3/c1-16(2,3)24-15(23)9-4-5-12(10(6-9)7-17)21-8-11(13(18)19)14(20)22/h8-10,12,21H,4-6H2,1-3H3,(H3,18,19)(H2,20,22)/b11-8+/t9-,10+,12-/m0/s1. The quantitative estimate of drug-likeness (QED) is 0.248. The van der Waals surface area contributed by atoms with Gasteiger partial charge in [-0.05, 0) is 40.0 Å². The Morgan fingerprint density at radius 1 is 1.33 bits per heavy atom. The van der Waals surface area contributed by atoms with Crippen molar-refractivity contribution in [3.8, 4) is 6.07 Å². The van der Waals surface area contributed by atoms with Gasteiger partial charge in [0.1, 0.15) is 11.4 Å². The van der Waals surface area contributed by atoms with Gasteiger partial charge < -0.3 is 21.5 Å². The van der Waals surface area contributed by atoms with E-state index in [1.54, 1.807) is 20.8 Å². The third-order valence-electron chi connectivity index (χ3n) is 3.75. The lowest BCUT2D eigenvalue weighted by atomic mass is 9.78. The summed E-state index contributed by atoms with van der Waals surface area (Å²) < 4.78 is 5.38. The summed E-state index contributed by atoms with van der Waals surface area (Å²) in [6.45, 7) is 5.41. The molecule has 0 aromatic heterocycles. The van der Waals surface area contributed by atoms with Gasteiger partial charge >= 0.3 is 5.97 Å². The number of amides is 1. The van der Waals surface area contributed by atoms with Crippen molar-refractivity contribution in [2.45, 2.75) is 51.7 Å². The largest absolute Gasteiger partial charge is 0.460 e. The molecule has 24 heavy (non-hydrogen) atoms. The summed E-state index contributed by atoms with van der Waals surface area (Å²) in [5.74, 6) is -2.29. The van der Waals surface area contributed by atoms with Gasteiger partial charge in [-0.3, -0.25) is 15.0 Å². The molecule has 0 radical (unpaired) electrons. The Hall–Kier alpha value is -2.56. The van der Waals surface area contributed by atoms with Gasteiger partial charge in [-0.2, -0.15) is 5.26 Å². The fourth-order valence-corrected chi connectivity index (χ4v) is 2.58. The van der Waals surface area contributed by atoms with E-state index in [-0.39, 0.29) is 23.5 Å². The molecule has 1 amide bonds. The number of nitriles is 1. The van der Waals surface area contributed by atoms with Crippen LogP contribution in [0.5, 0.6) is 0 Å². The molecule has 132 valence electrons. The third-order valence-corrected chi connectivity index (χ3v) is 3.75. The summed E-state index contributed by atoms with van der Waals surface area (Å²) in [6, 6.07) is 1.94. The fourth-order valence-electron chi connectivity index (χ4n) is 2.58. The number of rotatable bonds is 5. The molecule has 0 aromatic rings. The highest BCUT2D eigenvalue weighted by atomic mass is 16.6. The molecule has 0 unspecified atom stereocenters. The second-order valence-corrected chi connectivity index (χ2v) is 6.89. The van der Waals surface area contributed by atoms with E-state index in [0.717, 1.165) is 0 Å². The number of nitrogens with two attached hydrogens (primary N) is 2. The number of carbonyl (C=O) groups is 2. The van der Waals surface area contributed by atoms with Crippen LogP contribution in [0, 0.1) is 28.6 Å². The molecule has 1 rings (SSSR count). The van der Waals surface area contributed by atoms with E-state index in [1.165, 1.54) is 6.20 Å². The minimum Gasteiger partial charge on any atom is -0.460 e. The van der Waals surface area contributed by atoms with E-state index in [4.69, 9.17) is 21.6 Å². The minimum absolute atomic E-state index is 0.138. The first-order valence-corrected chi connectivity index (χ1v) is 7.78. The van der Waals surface area contributed by atoms with Crippen molar-refractivity contribution in [1.29, 1.82) is 10.7 Å². The van der Waals surface area contributed by atoms with Crippen LogP contribution in [-0.2, 0) is 14.3 Å². The summed E-state index contributed by atoms with van der Waals surface area (Å²) in [5, 5.41) is 19.6. The number of nitrogens with zero attached hydrogens (tertiary/aromatic N) is 1. The van der Waals surface area contributed by atoms with Gasteiger partial charge in [0.05, 0.1) is 23.5 Å². The minimum atomic E-state index is -0.814. The maximum absolute atomic E-state index is 12.2. The predicted octanol–water partition coefficient (Wildman–Crippen LogP) is 0.531. The van der Waals surface area contributed by atoms with E-state index in [1.807, 2.05) is 0 Å². The first-order chi connectivity index (χ1) is 11.0. The van der Waals surface area contributed by atoms with E-state index in [9.17, 15) is 14.9 Å². The van der Waals surface area contributed by atoms with Crippen molar-refractivity contribution >= 4 is 17.7 Å². The average Bonchev–Trinajstić information content (AvgIpc) is 2.44. The molecule has 0 aliphatic heterocycles. The van der Waals surface area contributed by atoms with E-state index < -0.39 is 23.3 Å². The normalized spacial score (nSPS) is 24.6. The smallest absolute Gasteiger partial charge is 0.309 e. The fraction of sp³-hybridized carbons (Fsp3) is 0.625. The number of primary amides is 1. The number of hydrogen-bond donors (Lipinski definition) is 4. The van der Waals surface area contributed by atoms with Gasteiger partial charge in [0.15, 0.2) is 0 Å². The lowest BCUT2D eigenvalue weighted by Crippen LogP contribution is -2.41. The van der Waals surface area contributed by atoms with E-state index in [2.05, 4.69) is 11.4 Å². The molecule has 1 saturated carbocycles. The van der Waals surface area contributed by atoms with E-state index >= 15 is 0 Å². The van der Waals surface area contributed by atoms with Crippen LogP contribution in [0.15, 0.2) is 11.8 Å². The van der Waals surface area contributed by atoms with Gasteiger partial charge in [-0.1, -0.05) is 0 Å². The molecule has 8 heteroatoms. The third kappa shape index (κ3) is 5.57. The number of amidine groups is 1. The molecule has 1 fully saturated rings. The maximum Gasteiger partial charge on any atom is 0.309 e. The molecule has 1 aliphatic rings. The highest BCUT2D eigenvalue weighted by Crippen LogP contribution is 2.31. The number of esters is 1. The molecule has 0 spiro atoms. The lowest BCUT2D eigenvalue weighted by Gasteiger charge is -2.33. The van der Waals surface area contributed by atoms with Crippen LogP contribution in [0.4, 0.5) is 0 Å². The van der Waals surface area contributed by atoms with Crippen molar-refractivity contribution in [2.75, 3.05) is 0 Å². The predicted molar refractivity (Wildman–Crippen MR) is 88.4 cm³/mol. The zero-order valence-electron chi connectivity index (χ0n) is 14.3. The highest BCUT2D eigenvalue weighted by molar-refractivity contribution is 6.18. The molecular formula is C16H25N5O3. The summed E-state index contributed by atoms with van der Waals surface area (Å²) in [4.78, 5) is 23.4. The molecule has 1 aliphatic carbocycles. The highest BCUT2D eigenvalue weighted by Gasteiger charge is 2.35. The van der Waals surface area contributed by atoms with Crippen LogP contribution in [0.1, 0.15) is 40.0 Å². The summed E-state index contributed by atoms with van der Waals surface area (Å²) >= 11 is 0. The molecule has 8 nitrogen and oxygen atoms in total. The molecule has 3 atom stereocenters. The van der Waals surface area contributed by atoms with Crippen LogP contribution < -0.4 is 16.8 Å². The van der Waals surface area contributed by atoms with E-state index in [0.29, 0.717) is 19.3 Å².